The van der Waals surface area contributed by atoms with Crippen molar-refractivity contribution in [3.63, 3.8) is 0 Å². The van der Waals surface area contributed by atoms with E-state index in [4.69, 9.17) is 12.2 Å². The van der Waals surface area contributed by atoms with Gasteiger partial charge in [0.05, 0.1) is 0 Å². The number of rotatable bonds is 2. The van der Waals surface area contributed by atoms with Gasteiger partial charge < -0.3 is 4.90 Å². The molecule has 0 radical (unpaired) electrons. The molecule has 0 spiro atoms. The highest BCUT2D eigenvalue weighted by Gasteiger charge is 2.43. The van der Waals surface area contributed by atoms with Crippen LogP contribution in [0, 0.1) is 0 Å². The van der Waals surface area contributed by atoms with E-state index < -0.39 is 0 Å². The van der Waals surface area contributed by atoms with E-state index in [-0.39, 0.29) is 0 Å². The van der Waals surface area contributed by atoms with Gasteiger partial charge in [0.2, 0.25) is 0 Å². The number of hydrogen-bond acceptors (Lipinski definition) is 2. The van der Waals surface area contributed by atoms with Crippen LogP contribution in [0.4, 0.5) is 0 Å². The second-order valence-electron chi connectivity index (χ2n) is 4.49. The number of thiocarbonyl (C=S) groups is 1. The first-order valence-corrected chi connectivity index (χ1v) is 6.63. The fourth-order valence-electron chi connectivity index (χ4n) is 2.79. The number of nitrogens with zero attached hydrogens (tertiary/aromatic N) is 3. The maximum absolute atomic E-state index is 5.56. The van der Waals surface area contributed by atoms with Crippen molar-refractivity contribution in [2.75, 3.05) is 19.6 Å². The minimum absolute atomic E-state index is 0.302. The highest BCUT2D eigenvalue weighted by Crippen LogP contribution is 2.36. The van der Waals surface area contributed by atoms with Crippen molar-refractivity contribution in [2.24, 2.45) is 0 Å². The molecule has 3 rings (SSSR count). The zero-order valence-electron chi connectivity index (χ0n) is 10.0. The van der Waals surface area contributed by atoms with E-state index in [0.717, 1.165) is 24.7 Å². The van der Waals surface area contributed by atoms with Crippen molar-refractivity contribution in [3.05, 3.63) is 35.9 Å². The van der Waals surface area contributed by atoms with Crippen LogP contribution in [0.5, 0.6) is 0 Å². The molecule has 17 heavy (non-hydrogen) atoms. The van der Waals surface area contributed by atoms with Crippen molar-refractivity contribution in [2.45, 2.75) is 19.5 Å². The first kappa shape index (κ1) is 11.0. The van der Waals surface area contributed by atoms with Gasteiger partial charge in [0, 0.05) is 19.6 Å². The molecule has 1 atom stereocenters. The summed E-state index contributed by atoms with van der Waals surface area (Å²) in [4.78, 5) is 2.31. The van der Waals surface area contributed by atoms with E-state index >= 15 is 0 Å². The normalized spacial score (nSPS) is 24.5. The first-order chi connectivity index (χ1) is 8.33. The summed E-state index contributed by atoms with van der Waals surface area (Å²) in [5.41, 5.74) is 1.33. The summed E-state index contributed by atoms with van der Waals surface area (Å²) < 4.78 is 0. The van der Waals surface area contributed by atoms with Crippen LogP contribution < -0.4 is 0 Å². The van der Waals surface area contributed by atoms with Crippen molar-refractivity contribution < 1.29 is 0 Å². The van der Waals surface area contributed by atoms with Gasteiger partial charge in [-0.15, -0.1) is 0 Å². The van der Waals surface area contributed by atoms with Gasteiger partial charge in [-0.3, -0.25) is 5.01 Å². The van der Waals surface area contributed by atoms with E-state index in [1.807, 2.05) is 0 Å². The fraction of sp³-hybridized carbons (Fsp3) is 0.462. The Labute approximate surface area is 108 Å². The third-order valence-electron chi connectivity index (χ3n) is 3.55. The lowest BCUT2D eigenvalue weighted by Crippen LogP contribution is -2.32. The van der Waals surface area contributed by atoms with Crippen LogP contribution in [0.2, 0.25) is 0 Å². The zero-order valence-corrected chi connectivity index (χ0v) is 10.9. The Morgan fingerprint density at radius 2 is 2.00 bits per heavy atom. The summed E-state index contributed by atoms with van der Waals surface area (Å²) in [5.74, 6) is 0. The molecule has 2 saturated heterocycles. The van der Waals surface area contributed by atoms with E-state index in [1.165, 1.54) is 12.0 Å². The topological polar surface area (TPSA) is 9.72 Å². The van der Waals surface area contributed by atoms with Crippen molar-refractivity contribution >= 4 is 17.3 Å². The lowest BCUT2D eigenvalue weighted by atomic mass is 10.1. The minimum atomic E-state index is 0.302. The molecule has 90 valence electrons. The van der Waals surface area contributed by atoms with E-state index in [2.05, 4.69) is 52.2 Å². The Kier molecular flexibility index (Phi) is 2.76. The third-order valence-corrected chi connectivity index (χ3v) is 3.99. The smallest absolute Gasteiger partial charge is 0.187 e. The highest BCUT2D eigenvalue weighted by molar-refractivity contribution is 7.80. The van der Waals surface area contributed by atoms with Gasteiger partial charge >= 0.3 is 0 Å². The van der Waals surface area contributed by atoms with Gasteiger partial charge in [-0.25, -0.2) is 0 Å². The summed E-state index contributed by atoms with van der Waals surface area (Å²) in [5, 5.41) is 5.65. The summed E-state index contributed by atoms with van der Waals surface area (Å²) in [6, 6.07) is 10.7. The first-order valence-electron chi connectivity index (χ1n) is 6.22. The summed E-state index contributed by atoms with van der Waals surface area (Å²) >= 11 is 5.56. The molecule has 0 unspecified atom stereocenters. The summed E-state index contributed by atoms with van der Waals surface area (Å²) in [7, 11) is 0. The molecule has 2 aliphatic heterocycles. The van der Waals surface area contributed by atoms with Crippen LogP contribution in [0.25, 0.3) is 0 Å². The Hall–Kier alpha value is -1.13. The standard InChI is InChI=1S/C13H17N3S/c1-2-14-12(11-7-4-3-5-8-11)15-9-6-10-16(15)13(14)17/h3-5,7-8,12H,2,6,9-10H2,1H3/t12-/m0/s1. The maximum Gasteiger partial charge on any atom is 0.187 e. The third kappa shape index (κ3) is 1.63. The van der Waals surface area contributed by atoms with Gasteiger partial charge in [-0.1, -0.05) is 30.3 Å². The van der Waals surface area contributed by atoms with E-state index in [1.54, 1.807) is 0 Å². The molecule has 0 saturated carbocycles. The molecule has 0 amide bonds. The average molecular weight is 247 g/mol. The van der Waals surface area contributed by atoms with Gasteiger partial charge in [-0.2, -0.15) is 5.01 Å². The van der Waals surface area contributed by atoms with Gasteiger partial charge in [0.25, 0.3) is 0 Å². The quantitative estimate of drug-likeness (QED) is 0.741. The minimum Gasteiger partial charge on any atom is -0.327 e. The molecule has 0 aliphatic carbocycles. The zero-order chi connectivity index (χ0) is 11.8. The van der Waals surface area contributed by atoms with Crippen molar-refractivity contribution in [1.82, 2.24) is 14.9 Å². The monoisotopic (exact) mass is 247 g/mol. The Morgan fingerprint density at radius 1 is 1.24 bits per heavy atom. The second-order valence-corrected chi connectivity index (χ2v) is 4.86. The molecular weight excluding hydrogens is 230 g/mol. The van der Waals surface area contributed by atoms with Gasteiger partial charge in [0.15, 0.2) is 5.11 Å². The molecule has 1 aromatic carbocycles. The highest BCUT2D eigenvalue weighted by atomic mass is 32.1. The molecule has 2 heterocycles. The molecule has 0 bridgehead atoms. The van der Waals surface area contributed by atoms with E-state index in [9.17, 15) is 0 Å². The van der Waals surface area contributed by atoms with Crippen LogP contribution in [0.3, 0.4) is 0 Å². The van der Waals surface area contributed by atoms with Crippen molar-refractivity contribution in [1.29, 1.82) is 0 Å². The second kappa shape index (κ2) is 4.27. The number of benzene rings is 1. The van der Waals surface area contributed by atoms with Crippen LogP contribution in [-0.4, -0.2) is 39.7 Å². The molecule has 0 N–H and O–H groups in total. The van der Waals surface area contributed by atoms with Crippen LogP contribution in [0.15, 0.2) is 30.3 Å². The number of fused-ring (bicyclic) bond motifs is 1. The molecule has 0 aromatic heterocycles. The predicted molar refractivity (Wildman–Crippen MR) is 72.2 cm³/mol. The number of hydrazine groups is 1. The van der Waals surface area contributed by atoms with E-state index in [0.29, 0.717) is 6.17 Å². The molecule has 3 nitrogen and oxygen atoms in total. The SMILES string of the molecule is CCN1C(=S)N2CCCN2[C@H]1c1ccccc1. The predicted octanol–water partition coefficient (Wildman–Crippen LogP) is 2.23. The lowest BCUT2D eigenvalue weighted by molar-refractivity contribution is 0.0560. The summed E-state index contributed by atoms with van der Waals surface area (Å²) in [6.07, 6.45) is 1.51. The Morgan fingerprint density at radius 3 is 2.71 bits per heavy atom. The Balaban J connectivity index is 1.99. The molecular formula is C13H17N3S. The van der Waals surface area contributed by atoms with Crippen LogP contribution >= 0.6 is 12.2 Å². The molecule has 2 fully saturated rings. The number of hydrogen-bond donors (Lipinski definition) is 0. The fourth-order valence-corrected chi connectivity index (χ4v) is 3.22. The van der Waals surface area contributed by atoms with Crippen LogP contribution in [0.1, 0.15) is 25.1 Å². The van der Waals surface area contributed by atoms with Gasteiger partial charge in [-0.05, 0) is 31.1 Å². The molecule has 4 heteroatoms. The molecule has 2 aliphatic rings. The largest absolute Gasteiger partial charge is 0.327 e. The van der Waals surface area contributed by atoms with Crippen LogP contribution in [-0.2, 0) is 0 Å². The Bertz CT molecular complexity index is 420. The van der Waals surface area contributed by atoms with Crippen molar-refractivity contribution in [3.8, 4) is 0 Å². The molecule has 1 aromatic rings. The lowest BCUT2D eigenvalue weighted by Gasteiger charge is -2.27. The maximum atomic E-state index is 5.56. The summed E-state index contributed by atoms with van der Waals surface area (Å²) in [6.45, 7) is 5.31. The van der Waals surface area contributed by atoms with Gasteiger partial charge in [0.1, 0.15) is 6.17 Å². The average Bonchev–Trinajstić information content (AvgIpc) is 2.92.